The predicted octanol–water partition coefficient (Wildman–Crippen LogP) is 5.23. The van der Waals surface area contributed by atoms with E-state index in [1.807, 2.05) is 54.7 Å². The highest BCUT2D eigenvalue weighted by molar-refractivity contribution is 7.98. The molecule has 0 aliphatic heterocycles. The third-order valence-electron chi connectivity index (χ3n) is 3.53. The molecule has 0 atom stereocenters. The Morgan fingerprint density at radius 3 is 2.71 bits per heavy atom. The molecule has 0 fully saturated rings. The number of benzene rings is 2. The smallest absolute Gasteiger partial charge is 0.237 e. The molecule has 0 spiro atoms. The van der Waals surface area contributed by atoms with Gasteiger partial charge in [-0.15, -0.1) is 11.8 Å². The zero-order valence-corrected chi connectivity index (χ0v) is 14.1. The summed E-state index contributed by atoms with van der Waals surface area (Å²) in [4.78, 5) is 9.97. The van der Waals surface area contributed by atoms with Crippen molar-refractivity contribution in [2.45, 2.75) is 10.6 Å². The Bertz CT molecular complexity index is 980. The van der Waals surface area contributed by atoms with Crippen molar-refractivity contribution in [3.05, 3.63) is 71.7 Å². The second kappa shape index (κ2) is 6.63. The number of pyridine rings is 1. The number of halogens is 1. The van der Waals surface area contributed by atoms with Gasteiger partial charge in [-0.05, 0) is 36.4 Å². The molecule has 0 aliphatic carbocycles. The SMILES string of the molecule is Clc1ccc(-c2noc(CSc3ccnc4ccccc34)n2)cc1. The van der Waals surface area contributed by atoms with Crippen molar-refractivity contribution in [3.8, 4) is 11.4 Å². The molecule has 0 N–H and O–H groups in total. The molecule has 0 saturated carbocycles. The van der Waals surface area contributed by atoms with Crippen LogP contribution in [-0.4, -0.2) is 15.1 Å². The lowest BCUT2D eigenvalue weighted by Gasteiger charge is -2.03. The maximum atomic E-state index is 5.90. The normalized spacial score (nSPS) is 11.0. The standard InChI is InChI=1S/C18H12ClN3OS/c19-13-7-5-12(6-8-13)18-21-17(23-22-18)11-24-16-9-10-20-15-4-2-1-3-14(15)16/h1-10H,11H2. The van der Waals surface area contributed by atoms with Crippen molar-refractivity contribution >= 4 is 34.3 Å². The average molecular weight is 354 g/mol. The summed E-state index contributed by atoms with van der Waals surface area (Å²) in [5, 5.41) is 5.85. The molecule has 118 valence electrons. The van der Waals surface area contributed by atoms with Gasteiger partial charge in [0.2, 0.25) is 11.7 Å². The summed E-state index contributed by atoms with van der Waals surface area (Å²) in [6.45, 7) is 0. The largest absolute Gasteiger partial charge is 0.338 e. The fourth-order valence-electron chi connectivity index (χ4n) is 2.36. The van der Waals surface area contributed by atoms with E-state index in [9.17, 15) is 0 Å². The first-order valence-corrected chi connectivity index (χ1v) is 8.71. The molecule has 24 heavy (non-hydrogen) atoms. The van der Waals surface area contributed by atoms with Crippen molar-refractivity contribution in [1.82, 2.24) is 15.1 Å². The van der Waals surface area contributed by atoms with Crippen LogP contribution in [0.2, 0.25) is 5.02 Å². The molecule has 0 aliphatic rings. The third-order valence-corrected chi connectivity index (χ3v) is 4.84. The Hall–Kier alpha value is -2.37. The van der Waals surface area contributed by atoms with Crippen LogP contribution >= 0.6 is 23.4 Å². The summed E-state index contributed by atoms with van der Waals surface area (Å²) in [7, 11) is 0. The van der Waals surface area contributed by atoms with E-state index in [-0.39, 0.29) is 0 Å². The van der Waals surface area contributed by atoms with Crippen LogP contribution in [0.3, 0.4) is 0 Å². The summed E-state index contributed by atoms with van der Waals surface area (Å²) in [5.41, 5.74) is 1.86. The van der Waals surface area contributed by atoms with Crippen LogP contribution in [0.5, 0.6) is 0 Å². The molecule has 0 amide bonds. The molecule has 0 saturated heterocycles. The van der Waals surface area contributed by atoms with E-state index in [0.29, 0.717) is 22.5 Å². The number of fused-ring (bicyclic) bond motifs is 1. The van der Waals surface area contributed by atoms with Crippen molar-refractivity contribution in [2.24, 2.45) is 0 Å². The first-order chi connectivity index (χ1) is 11.8. The van der Waals surface area contributed by atoms with Gasteiger partial charge in [-0.25, -0.2) is 0 Å². The Kier molecular flexibility index (Phi) is 4.19. The van der Waals surface area contributed by atoms with Crippen LogP contribution in [-0.2, 0) is 5.75 Å². The average Bonchev–Trinajstić information content (AvgIpc) is 3.09. The first kappa shape index (κ1) is 15.2. The molecule has 0 unspecified atom stereocenters. The van der Waals surface area contributed by atoms with Crippen molar-refractivity contribution in [1.29, 1.82) is 0 Å². The van der Waals surface area contributed by atoms with E-state index in [0.717, 1.165) is 21.4 Å². The van der Waals surface area contributed by atoms with Crippen LogP contribution in [0.15, 0.2) is 70.2 Å². The number of rotatable bonds is 4. The van der Waals surface area contributed by atoms with Gasteiger partial charge in [0.05, 0.1) is 11.3 Å². The third kappa shape index (κ3) is 3.13. The van der Waals surface area contributed by atoms with E-state index in [1.54, 1.807) is 11.8 Å². The Morgan fingerprint density at radius 2 is 1.83 bits per heavy atom. The van der Waals surface area contributed by atoms with E-state index in [4.69, 9.17) is 16.1 Å². The molecule has 4 nitrogen and oxygen atoms in total. The molecule has 0 bridgehead atoms. The van der Waals surface area contributed by atoms with Crippen LogP contribution in [0.4, 0.5) is 0 Å². The van der Waals surface area contributed by atoms with Gasteiger partial charge in [0.15, 0.2) is 0 Å². The summed E-state index contributed by atoms with van der Waals surface area (Å²) >= 11 is 7.55. The highest BCUT2D eigenvalue weighted by Crippen LogP contribution is 2.29. The topological polar surface area (TPSA) is 51.8 Å². The van der Waals surface area contributed by atoms with Gasteiger partial charge < -0.3 is 4.52 Å². The molecule has 4 aromatic rings. The molecular formula is C18H12ClN3OS. The quantitative estimate of drug-likeness (QED) is 0.470. The molecule has 2 aromatic carbocycles. The number of para-hydroxylation sites is 1. The highest BCUT2D eigenvalue weighted by Gasteiger charge is 2.10. The van der Waals surface area contributed by atoms with Gasteiger partial charge in [0.1, 0.15) is 0 Å². The van der Waals surface area contributed by atoms with E-state index < -0.39 is 0 Å². The summed E-state index contributed by atoms with van der Waals surface area (Å²) in [6, 6.07) is 17.4. The van der Waals surface area contributed by atoms with Crippen LogP contribution in [0.1, 0.15) is 5.89 Å². The monoisotopic (exact) mass is 353 g/mol. The van der Waals surface area contributed by atoms with Gasteiger partial charge in [-0.2, -0.15) is 4.98 Å². The van der Waals surface area contributed by atoms with Crippen molar-refractivity contribution in [2.75, 3.05) is 0 Å². The second-order valence-corrected chi connectivity index (χ2v) is 6.59. The van der Waals surface area contributed by atoms with Gasteiger partial charge in [0.25, 0.3) is 0 Å². The summed E-state index contributed by atoms with van der Waals surface area (Å²) in [5.74, 6) is 1.77. The zero-order chi connectivity index (χ0) is 16.4. The van der Waals surface area contributed by atoms with Gasteiger partial charge >= 0.3 is 0 Å². The van der Waals surface area contributed by atoms with Gasteiger partial charge in [0, 0.05) is 27.1 Å². The number of hydrogen-bond donors (Lipinski definition) is 0. The van der Waals surface area contributed by atoms with Gasteiger partial charge in [-0.3, -0.25) is 4.98 Å². The number of aromatic nitrogens is 3. The zero-order valence-electron chi connectivity index (χ0n) is 12.5. The lowest BCUT2D eigenvalue weighted by molar-refractivity contribution is 0.391. The predicted molar refractivity (Wildman–Crippen MR) is 96.0 cm³/mol. The number of thioether (sulfide) groups is 1. The summed E-state index contributed by atoms with van der Waals surface area (Å²) < 4.78 is 5.35. The lowest BCUT2D eigenvalue weighted by atomic mass is 10.2. The fraction of sp³-hybridized carbons (Fsp3) is 0.0556. The van der Waals surface area contributed by atoms with Crippen molar-refractivity contribution < 1.29 is 4.52 Å². The van der Waals surface area contributed by atoms with E-state index >= 15 is 0 Å². The van der Waals surface area contributed by atoms with Gasteiger partial charge in [-0.1, -0.05) is 35.0 Å². The first-order valence-electron chi connectivity index (χ1n) is 7.35. The van der Waals surface area contributed by atoms with Crippen LogP contribution in [0, 0.1) is 0 Å². The second-order valence-electron chi connectivity index (χ2n) is 5.13. The molecule has 2 heterocycles. The molecule has 0 radical (unpaired) electrons. The molecular weight excluding hydrogens is 342 g/mol. The Labute approximate surface area is 147 Å². The minimum absolute atomic E-state index is 0.571. The Balaban J connectivity index is 1.53. The molecule has 2 aromatic heterocycles. The highest BCUT2D eigenvalue weighted by atomic mass is 35.5. The molecule has 6 heteroatoms. The van der Waals surface area contributed by atoms with Crippen LogP contribution in [0.25, 0.3) is 22.3 Å². The fourth-order valence-corrected chi connectivity index (χ4v) is 3.37. The Morgan fingerprint density at radius 1 is 1.00 bits per heavy atom. The van der Waals surface area contributed by atoms with Crippen molar-refractivity contribution in [3.63, 3.8) is 0 Å². The maximum Gasteiger partial charge on any atom is 0.237 e. The van der Waals surface area contributed by atoms with E-state index in [2.05, 4.69) is 21.2 Å². The number of hydrogen-bond acceptors (Lipinski definition) is 5. The van der Waals surface area contributed by atoms with E-state index in [1.165, 1.54) is 0 Å². The maximum absolute atomic E-state index is 5.90. The number of nitrogens with zero attached hydrogens (tertiary/aromatic N) is 3. The summed E-state index contributed by atoms with van der Waals surface area (Å²) in [6.07, 6.45) is 1.82. The van der Waals surface area contributed by atoms with Crippen LogP contribution < -0.4 is 0 Å². The molecule has 4 rings (SSSR count). The lowest BCUT2D eigenvalue weighted by Crippen LogP contribution is -1.85. The minimum Gasteiger partial charge on any atom is -0.338 e. The minimum atomic E-state index is 0.571.